The molecule has 4 aromatic heterocycles. The van der Waals surface area contributed by atoms with Gasteiger partial charge in [-0.1, -0.05) is 4.98 Å². The van der Waals surface area contributed by atoms with Crippen molar-refractivity contribution in [3.8, 4) is 0 Å². The van der Waals surface area contributed by atoms with Gasteiger partial charge in [0.1, 0.15) is 42.4 Å². The van der Waals surface area contributed by atoms with E-state index >= 15 is 0 Å². The molecule has 6 heterocycles. The number of aromatic nitrogens is 8. The third-order valence-corrected chi connectivity index (χ3v) is 12.7. The number of H-pyrrole nitrogens is 2. The van der Waals surface area contributed by atoms with E-state index < -0.39 is 103 Å². The van der Waals surface area contributed by atoms with E-state index in [1.807, 2.05) is 0 Å². The Morgan fingerprint density at radius 3 is 2.18 bits per heavy atom. The number of hydrogen-bond acceptors (Lipinski definition) is 19. The predicted octanol–water partition coefficient (Wildman–Crippen LogP) is -1.73. The van der Waals surface area contributed by atoms with Crippen LogP contribution >= 0.6 is 23.5 Å². The zero-order valence-corrected chi connectivity index (χ0v) is 32.6. The Labute approximate surface area is 313 Å². The number of nitrogen functional groups attached to an aromatic ring is 1. The van der Waals surface area contributed by atoms with Gasteiger partial charge in [-0.15, -0.1) is 0 Å². The number of aliphatic hydroxyl groups excluding tert-OH is 2. The normalized spacial score (nSPS) is 28.9. The first-order chi connectivity index (χ1) is 26.1. The van der Waals surface area contributed by atoms with Gasteiger partial charge in [-0.05, 0) is 20.8 Å². The summed E-state index contributed by atoms with van der Waals surface area (Å²) in [5, 5.41) is 22.1. The summed E-state index contributed by atoms with van der Waals surface area (Å²) in [6, 6.07) is 0. The smallest absolute Gasteiger partial charge is 0.386 e. The minimum absolute atomic E-state index is 0.00913. The molecule has 0 aromatic carbocycles. The van der Waals surface area contributed by atoms with Gasteiger partial charge in [-0.2, -0.15) is 8.62 Å². The molecule has 0 bridgehead atoms. The summed E-state index contributed by atoms with van der Waals surface area (Å²) in [6.07, 6.45) is -8.78. The maximum atomic E-state index is 12.8. The lowest BCUT2D eigenvalue weighted by atomic mass is 10.1. The number of hydrogen-bond donors (Lipinski definition) is 8. The van der Waals surface area contributed by atoms with Gasteiger partial charge in [0.15, 0.2) is 23.7 Å². The first kappa shape index (κ1) is 42.3. The minimum atomic E-state index is -5.96. The number of aryl methyl sites for hydroxylation is 2. The molecule has 11 atom stereocenters. The molecule has 2 aliphatic rings. The molecule has 0 saturated carbocycles. The van der Waals surface area contributed by atoms with Crippen molar-refractivity contribution in [2.24, 2.45) is 7.05 Å². The number of aliphatic hydroxyl groups is 2. The maximum Gasteiger partial charge on any atom is 0.490 e. The van der Waals surface area contributed by atoms with Crippen molar-refractivity contribution in [2.75, 3.05) is 26.1 Å². The second-order valence-corrected chi connectivity index (χ2v) is 17.5. The zero-order valence-electron chi connectivity index (χ0n) is 29.9. The van der Waals surface area contributed by atoms with Crippen LogP contribution < -0.4 is 21.4 Å². The van der Waals surface area contributed by atoms with Crippen LogP contribution in [0.25, 0.3) is 22.3 Å². The van der Waals surface area contributed by atoms with Crippen LogP contribution in [0.15, 0.2) is 22.2 Å². The Morgan fingerprint density at radius 2 is 1.57 bits per heavy atom. The highest BCUT2D eigenvalue weighted by molar-refractivity contribution is 7.66. The molecule has 30 heteroatoms. The fraction of sp³-hybridized carbons (Fsp3) is 0.615. The van der Waals surface area contributed by atoms with E-state index in [1.165, 1.54) is 47.4 Å². The summed E-state index contributed by atoms with van der Waals surface area (Å²) < 4.78 is 82.8. The molecular formula is C26H39N9O18P3+. The number of anilines is 1. The molecule has 0 amide bonds. The number of phosphoric ester groups is 2. The summed E-state index contributed by atoms with van der Waals surface area (Å²) in [6.45, 7) is 2.92. The molecule has 6 rings (SSSR count). The number of imidazole rings is 2. The number of nitrogens with one attached hydrogen (secondary N) is 2. The van der Waals surface area contributed by atoms with Gasteiger partial charge in [0, 0.05) is 7.11 Å². The van der Waals surface area contributed by atoms with Crippen molar-refractivity contribution in [3.63, 3.8) is 0 Å². The third-order valence-electron chi connectivity index (χ3n) is 8.43. The lowest BCUT2D eigenvalue weighted by Gasteiger charge is -2.24. The molecule has 2 saturated heterocycles. The topological polar surface area (TPSA) is 370 Å². The van der Waals surface area contributed by atoms with Crippen molar-refractivity contribution < 1.29 is 79.8 Å². The van der Waals surface area contributed by atoms with Crippen LogP contribution in [0, 0.1) is 6.92 Å². The Morgan fingerprint density at radius 1 is 0.946 bits per heavy atom. The number of aromatic amines is 2. The Balaban J connectivity index is 1.09. The predicted molar refractivity (Wildman–Crippen MR) is 183 cm³/mol. The Kier molecular flexibility index (Phi) is 11.9. The molecule has 2 aliphatic heterocycles. The standard InChI is InChI=1S/C26H38N9O18P3/c1-10(2)49-19-13(51-24(17(19)37)34-8-28-14-20(34)29-11(3)30-22(14)38)7-48-55(42,43)53-56(44,45)52-54(40,41)47-6-12-18(46-5)16(36)25(50-12)35-9-33(4)15-21(35)31-26(27)32-23(15)39/h8-10,12-13,16-19,24-25,36-37H,6-7H2,1-5H3,(H6-,27,29,30,31,32,38,39,40,41,42,43,44,45)/p+1/t12-,13-,16?,17?,18+,19+,24-,25-/m1/s1. The lowest BCUT2D eigenvalue weighted by molar-refractivity contribution is -0.745. The van der Waals surface area contributed by atoms with Crippen LogP contribution in [0.1, 0.15) is 32.1 Å². The zero-order chi connectivity index (χ0) is 41.1. The first-order valence-electron chi connectivity index (χ1n) is 16.3. The molecule has 2 fully saturated rings. The average molecular weight is 859 g/mol. The third kappa shape index (κ3) is 8.73. The van der Waals surface area contributed by atoms with E-state index in [0.29, 0.717) is 0 Å². The van der Waals surface area contributed by atoms with E-state index in [-0.39, 0.29) is 34.1 Å². The number of phosphoric acid groups is 3. The molecule has 310 valence electrons. The summed E-state index contributed by atoms with van der Waals surface area (Å²) in [5.41, 5.74) is 4.58. The van der Waals surface area contributed by atoms with Gasteiger partial charge >= 0.3 is 29.1 Å². The molecule has 27 nitrogen and oxygen atoms in total. The average Bonchev–Trinajstić information content (AvgIpc) is 3.80. The van der Waals surface area contributed by atoms with Crippen LogP contribution in [0.5, 0.6) is 0 Å². The SMILES string of the molecule is CO[C@@H]1C(O)[C@H]([n+]2cn(C)c3c(=O)[nH]c(N)nc32)O[C@@H]1COP(=O)(O)OP(=O)(O)OP(=O)(O)OC[C@H]1O[C@@H](n2cnc3c(=O)[nH]c(C)nc32)C(O)[C@H]1OC(C)C. The van der Waals surface area contributed by atoms with Crippen LogP contribution in [0.2, 0.25) is 0 Å². The quantitative estimate of drug-likeness (QED) is 0.0486. The van der Waals surface area contributed by atoms with Crippen LogP contribution in [0.4, 0.5) is 5.95 Å². The van der Waals surface area contributed by atoms with Crippen LogP contribution in [-0.2, 0) is 57.4 Å². The lowest BCUT2D eigenvalue weighted by Crippen LogP contribution is -2.46. The number of ether oxygens (including phenoxy) is 4. The molecular weight excluding hydrogens is 819 g/mol. The highest BCUT2D eigenvalue weighted by Gasteiger charge is 2.51. The van der Waals surface area contributed by atoms with Gasteiger partial charge in [-0.25, -0.2) is 28.2 Å². The summed E-state index contributed by atoms with van der Waals surface area (Å²) in [7, 11) is -14.5. The van der Waals surface area contributed by atoms with Gasteiger partial charge in [0.05, 0.1) is 32.7 Å². The fourth-order valence-corrected chi connectivity index (χ4v) is 9.80. The van der Waals surface area contributed by atoms with E-state index in [0.717, 1.165) is 0 Å². The van der Waals surface area contributed by atoms with Gasteiger partial charge in [0.25, 0.3) is 17.1 Å². The van der Waals surface area contributed by atoms with Crippen LogP contribution in [0.3, 0.4) is 0 Å². The summed E-state index contributed by atoms with van der Waals surface area (Å²) in [4.78, 5) is 72.6. The number of rotatable bonds is 15. The molecule has 0 spiro atoms. The minimum Gasteiger partial charge on any atom is -0.386 e. The van der Waals surface area contributed by atoms with Gasteiger partial charge in [0.2, 0.25) is 11.7 Å². The molecule has 0 aliphatic carbocycles. The van der Waals surface area contributed by atoms with Crippen molar-refractivity contribution >= 4 is 51.7 Å². The second kappa shape index (κ2) is 15.8. The van der Waals surface area contributed by atoms with E-state index in [1.54, 1.807) is 13.8 Å². The molecule has 56 heavy (non-hydrogen) atoms. The van der Waals surface area contributed by atoms with Gasteiger partial charge in [-0.3, -0.25) is 32.8 Å². The molecule has 4 aromatic rings. The van der Waals surface area contributed by atoms with Crippen molar-refractivity contribution in [1.82, 2.24) is 34.1 Å². The second-order valence-electron chi connectivity index (χ2n) is 12.9. The number of methoxy groups -OCH3 is 1. The van der Waals surface area contributed by atoms with Gasteiger partial charge < -0.3 is 54.6 Å². The Bertz CT molecular complexity index is 2370. The summed E-state index contributed by atoms with van der Waals surface area (Å²) in [5.74, 6) is -0.00246. The molecule has 0 radical (unpaired) electrons. The fourth-order valence-electron chi connectivity index (χ4n) is 6.28. The highest BCUT2D eigenvalue weighted by atomic mass is 31.3. The van der Waals surface area contributed by atoms with Crippen molar-refractivity contribution in [1.29, 1.82) is 0 Å². The Hall–Kier alpha value is -3.33. The van der Waals surface area contributed by atoms with Crippen molar-refractivity contribution in [3.05, 3.63) is 39.2 Å². The number of nitrogens with two attached hydrogens (primary N) is 1. The maximum absolute atomic E-state index is 12.8. The largest absolute Gasteiger partial charge is 0.490 e. The number of nitrogens with zero attached hydrogens (tertiary/aromatic N) is 6. The first-order valence-corrected chi connectivity index (χ1v) is 20.8. The number of fused-ring (bicyclic) bond motifs is 2. The molecule has 9 N–H and O–H groups in total. The summed E-state index contributed by atoms with van der Waals surface area (Å²) >= 11 is 0. The monoisotopic (exact) mass is 858 g/mol. The van der Waals surface area contributed by atoms with E-state index in [4.69, 9.17) is 33.7 Å². The molecule has 5 unspecified atom stereocenters. The highest BCUT2D eigenvalue weighted by Crippen LogP contribution is 2.68. The van der Waals surface area contributed by atoms with Crippen molar-refractivity contribution in [2.45, 2.75) is 76.0 Å². The van der Waals surface area contributed by atoms with Crippen LogP contribution in [-0.4, -0.2) is 122 Å². The van der Waals surface area contributed by atoms with E-state index in [2.05, 4.69) is 33.5 Å². The van der Waals surface area contributed by atoms with E-state index in [9.17, 15) is 48.2 Å².